The minimum absolute atomic E-state index is 0.0403. The van der Waals surface area contributed by atoms with E-state index in [0.717, 1.165) is 39.1 Å². The van der Waals surface area contributed by atoms with E-state index in [0.29, 0.717) is 29.0 Å². The highest BCUT2D eigenvalue weighted by Gasteiger charge is 2.27. The fourth-order valence-electron chi connectivity index (χ4n) is 4.02. The molecular weight excluding hydrogens is 320 g/mol. The number of hydrogen-bond acceptors (Lipinski definition) is 5. The Morgan fingerprint density at radius 3 is 2.88 bits per heavy atom. The van der Waals surface area contributed by atoms with Gasteiger partial charge in [-0.3, -0.25) is 9.69 Å². The molecule has 2 fully saturated rings. The van der Waals surface area contributed by atoms with E-state index in [2.05, 4.69) is 10.2 Å². The van der Waals surface area contributed by atoms with Crippen LogP contribution in [-0.4, -0.2) is 56.5 Å². The summed E-state index contributed by atoms with van der Waals surface area (Å²) in [6, 6.07) is 6.00. The third kappa shape index (κ3) is 3.90. The lowest BCUT2D eigenvalue weighted by molar-refractivity contribution is 0.0179. The summed E-state index contributed by atoms with van der Waals surface area (Å²) < 4.78 is 16.1. The molecule has 1 aromatic rings. The summed E-state index contributed by atoms with van der Waals surface area (Å²) in [6.45, 7) is 4.97. The van der Waals surface area contributed by atoms with Crippen molar-refractivity contribution in [3.8, 4) is 11.5 Å². The molecule has 0 radical (unpaired) electrons. The number of fused-ring (bicyclic) bond motifs is 1. The Kier molecular flexibility index (Phi) is 5.08. The summed E-state index contributed by atoms with van der Waals surface area (Å²) in [5.74, 6) is 1.84. The zero-order valence-corrected chi connectivity index (χ0v) is 14.5. The van der Waals surface area contributed by atoms with Crippen LogP contribution in [0.5, 0.6) is 11.5 Å². The van der Waals surface area contributed by atoms with Crippen LogP contribution in [0.15, 0.2) is 18.2 Å². The highest BCUT2D eigenvalue weighted by Crippen LogP contribution is 2.32. The molecule has 1 atom stereocenters. The van der Waals surface area contributed by atoms with E-state index in [1.165, 1.54) is 19.4 Å². The molecule has 4 rings (SSSR count). The van der Waals surface area contributed by atoms with Crippen LogP contribution in [0.25, 0.3) is 0 Å². The van der Waals surface area contributed by atoms with Crippen molar-refractivity contribution in [1.29, 1.82) is 0 Å². The maximum absolute atomic E-state index is 12.4. The third-order valence-corrected chi connectivity index (χ3v) is 5.44. The number of benzene rings is 1. The van der Waals surface area contributed by atoms with Crippen molar-refractivity contribution in [2.75, 3.05) is 39.6 Å². The quantitative estimate of drug-likeness (QED) is 0.904. The number of carbonyl (C=O) groups excluding carboxylic acids is 1. The van der Waals surface area contributed by atoms with Crippen LogP contribution >= 0.6 is 0 Å². The topological polar surface area (TPSA) is 60.0 Å². The summed E-state index contributed by atoms with van der Waals surface area (Å²) in [6.07, 6.45) is 4.66. The van der Waals surface area contributed by atoms with E-state index in [1.54, 1.807) is 18.2 Å². The Labute approximate surface area is 148 Å². The Bertz CT molecular complexity index is 615. The molecule has 0 aliphatic carbocycles. The zero-order valence-electron chi connectivity index (χ0n) is 14.5. The average molecular weight is 346 g/mol. The van der Waals surface area contributed by atoms with E-state index < -0.39 is 0 Å². The van der Waals surface area contributed by atoms with Gasteiger partial charge in [-0.25, -0.2) is 0 Å². The van der Waals surface area contributed by atoms with Crippen molar-refractivity contribution in [3.05, 3.63) is 23.8 Å². The molecule has 0 bridgehead atoms. The van der Waals surface area contributed by atoms with Crippen molar-refractivity contribution >= 4 is 5.91 Å². The number of nitrogens with zero attached hydrogens (tertiary/aromatic N) is 1. The first-order valence-corrected chi connectivity index (χ1v) is 9.29. The van der Waals surface area contributed by atoms with Crippen LogP contribution in [-0.2, 0) is 4.74 Å². The first-order valence-electron chi connectivity index (χ1n) is 9.29. The number of rotatable bonds is 4. The van der Waals surface area contributed by atoms with Crippen LogP contribution in [0.2, 0.25) is 0 Å². The minimum Gasteiger partial charge on any atom is -0.454 e. The molecule has 2 saturated heterocycles. The van der Waals surface area contributed by atoms with Gasteiger partial charge in [0.15, 0.2) is 11.5 Å². The molecule has 1 unspecified atom stereocenters. The maximum Gasteiger partial charge on any atom is 0.251 e. The van der Waals surface area contributed by atoms with Gasteiger partial charge in [0.25, 0.3) is 5.91 Å². The van der Waals surface area contributed by atoms with Crippen molar-refractivity contribution in [1.82, 2.24) is 10.2 Å². The molecule has 6 nitrogen and oxygen atoms in total. The van der Waals surface area contributed by atoms with Crippen molar-refractivity contribution in [2.24, 2.45) is 5.92 Å². The second-order valence-electron chi connectivity index (χ2n) is 7.12. The van der Waals surface area contributed by atoms with Gasteiger partial charge >= 0.3 is 0 Å². The van der Waals surface area contributed by atoms with Crippen LogP contribution in [0.3, 0.4) is 0 Å². The molecule has 25 heavy (non-hydrogen) atoms. The lowest BCUT2D eigenvalue weighted by Gasteiger charge is -2.40. The average Bonchev–Trinajstić information content (AvgIpc) is 3.15. The number of likely N-dealkylation sites (tertiary alicyclic amines) is 1. The maximum atomic E-state index is 12.4. The monoisotopic (exact) mass is 346 g/mol. The third-order valence-electron chi connectivity index (χ3n) is 5.44. The highest BCUT2D eigenvalue weighted by molar-refractivity contribution is 5.94. The Morgan fingerprint density at radius 1 is 1.16 bits per heavy atom. The van der Waals surface area contributed by atoms with E-state index in [9.17, 15) is 4.79 Å². The van der Waals surface area contributed by atoms with Crippen molar-refractivity contribution in [2.45, 2.75) is 31.7 Å². The second-order valence-corrected chi connectivity index (χ2v) is 7.12. The predicted octanol–water partition coefficient (Wildman–Crippen LogP) is 2.04. The summed E-state index contributed by atoms with van der Waals surface area (Å²) in [5, 5.41) is 3.10. The van der Waals surface area contributed by atoms with E-state index in [-0.39, 0.29) is 12.7 Å². The minimum atomic E-state index is -0.0403. The van der Waals surface area contributed by atoms with Gasteiger partial charge in [0.1, 0.15) is 0 Å². The standard InChI is InChI=1S/C19H26N2O4/c22-19(15-3-4-17-18(10-15)25-13-24-17)20-11-14-2-1-7-21(12-14)16-5-8-23-9-6-16/h3-4,10,14,16H,1-2,5-9,11-13H2,(H,20,22). The van der Waals surface area contributed by atoms with Crippen LogP contribution in [0.4, 0.5) is 0 Å². The van der Waals surface area contributed by atoms with Gasteiger partial charge in [0.05, 0.1) is 0 Å². The molecule has 136 valence electrons. The lowest BCUT2D eigenvalue weighted by Crippen LogP contribution is -2.47. The number of amides is 1. The lowest BCUT2D eigenvalue weighted by atomic mass is 9.94. The first kappa shape index (κ1) is 16.7. The van der Waals surface area contributed by atoms with Gasteiger partial charge in [-0.2, -0.15) is 0 Å². The van der Waals surface area contributed by atoms with E-state index in [1.807, 2.05) is 0 Å². The molecule has 0 aromatic heterocycles. The second kappa shape index (κ2) is 7.62. The van der Waals surface area contributed by atoms with Crippen LogP contribution in [0.1, 0.15) is 36.0 Å². The normalized spacial score (nSPS) is 24.2. The number of hydrogen-bond donors (Lipinski definition) is 1. The highest BCUT2D eigenvalue weighted by atomic mass is 16.7. The van der Waals surface area contributed by atoms with E-state index >= 15 is 0 Å². The zero-order chi connectivity index (χ0) is 17.1. The van der Waals surface area contributed by atoms with Crippen LogP contribution in [0, 0.1) is 5.92 Å². The largest absolute Gasteiger partial charge is 0.454 e. The van der Waals surface area contributed by atoms with Gasteiger partial charge in [-0.1, -0.05) is 0 Å². The Morgan fingerprint density at radius 2 is 2.00 bits per heavy atom. The Balaban J connectivity index is 1.29. The molecule has 1 aromatic carbocycles. The predicted molar refractivity (Wildman–Crippen MR) is 93.0 cm³/mol. The smallest absolute Gasteiger partial charge is 0.251 e. The summed E-state index contributed by atoms with van der Waals surface area (Å²) in [4.78, 5) is 15.0. The SMILES string of the molecule is O=C(NCC1CCCN(C2CCOCC2)C1)c1ccc2c(c1)OCO2. The molecular formula is C19H26N2O4. The molecule has 3 aliphatic rings. The molecule has 0 saturated carbocycles. The molecule has 3 heterocycles. The summed E-state index contributed by atoms with van der Waals surface area (Å²) in [5.41, 5.74) is 0.626. The molecule has 3 aliphatic heterocycles. The fraction of sp³-hybridized carbons (Fsp3) is 0.632. The van der Waals surface area contributed by atoms with Crippen molar-refractivity contribution < 1.29 is 19.0 Å². The first-order chi connectivity index (χ1) is 12.3. The summed E-state index contributed by atoms with van der Waals surface area (Å²) >= 11 is 0. The summed E-state index contributed by atoms with van der Waals surface area (Å²) in [7, 11) is 0. The fourth-order valence-corrected chi connectivity index (χ4v) is 4.02. The number of nitrogens with one attached hydrogen (secondary N) is 1. The molecule has 1 N–H and O–H groups in total. The Hall–Kier alpha value is -1.79. The van der Waals surface area contributed by atoms with Gasteiger partial charge in [-0.15, -0.1) is 0 Å². The molecule has 6 heteroatoms. The van der Waals surface area contributed by atoms with Crippen LogP contribution < -0.4 is 14.8 Å². The van der Waals surface area contributed by atoms with Gasteiger partial charge in [0.2, 0.25) is 6.79 Å². The van der Waals surface area contributed by atoms with Gasteiger partial charge in [-0.05, 0) is 56.3 Å². The number of ether oxygens (including phenoxy) is 3. The number of piperidine rings is 1. The van der Waals surface area contributed by atoms with E-state index in [4.69, 9.17) is 14.2 Å². The van der Waals surface area contributed by atoms with Gasteiger partial charge < -0.3 is 19.5 Å². The molecule has 0 spiro atoms. The molecule has 1 amide bonds. The van der Waals surface area contributed by atoms with Gasteiger partial charge in [0, 0.05) is 37.9 Å². The number of carbonyl (C=O) groups is 1. The van der Waals surface area contributed by atoms with Crippen molar-refractivity contribution in [3.63, 3.8) is 0 Å².